The van der Waals surface area contributed by atoms with Gasteiger partial charge in [-0.05, 0) is 30.8 Å². The van der Waals surface area contributed by atoms with E-state index in [2.05, 4.69) is 0 Å². The van der Waals surface area contributed by atoms with E-state index < -0.39 is 42.9 Å². The number of thiocarbonyl (C=S) groups is 1. The topological polar surface area (TPSA) is 142 Å². The molecule has 28 heavy (non-hydrogen) atoms. The van der Waals surface area contributed by atoms with Crippen molar-refractivity contribution in [2.75, 3.05) is 23.1 Å². The van der Waals surface area contributed by atoms with Crippen molar-refractivity contribution < 1.29 is 35.5 Å². The summed E-state index contributed by atoms with van der Waals surface area (Å²) in [5.41, 5.74) is 0.695. The second-order valence-electron chi connectivity index (χ2n) is 5.81. The van der Waals surface area contributed by atoms with E-state index in [9.17, 15) is 21.6 Å². The lowest BCUT2D eigenvalue weighted by Crippen LogP contribution is -2.34. The van der Waals surface area contributed by atoms with Crippen LogP contribution in [0.4, 0.5) is 5.69 Å². The number of hydrogen-bond acceptors (Lipinski definition) is 9. The van der Waals surface area contributed by atoms with E-state index in [-0.39, 0.29) is 18.7 Å². The molecular formula is C14H14N2O8S4. The Labute approximate surface area is 170 Å². The van der Waals surface area contributed by atoms with E-state index in [4.69, 9.17) is 26.1 Å². The summed E-state index contributed by atoms with van der Waals surface area (Å²) in [6.07, 6.45) is 0.0673. The number of ether oxygens (including phenoxy) is 1. The number of amides is 1. The molecule has 3 rings (SSSR count). The molecule has 0 atom stereocenters. The van der Waals surface area contributed by atoms with E-state index in [1.54, 1.807) is 29.2 Å². The molecule has 14 heteroatoms. The second-order valence-corrected chi connectivity index (χ2v) is 10.2. The largest absolute Gasteiger partial charge is 0.423 e. The molecule has 0 aromatic heterocycles. The first-order chi connectivity index (χ1) is 13.0. The summed E-state index contributed by atoms with van der Waals surface area (Å²) in [4.78, 5) is 15.6. The van der Waals surface area contributed by atoms with Crippen LogP contribution >= 0.6 is 24.0 Å². The van der Waals surface area contributed by atoms with Gasteiger partial charge >= 0.3 is 5.91 Å². The minimum Gasteiger partial charge on any atom is -0.423 e. The third-order valence-electron chi connectivity index (χ3n) is 3.73. The highest BCUT2D eigenvalue weighted by atomic mass is 32.2. The molecule has 10 nitrogen and oxygen atoms in total. The highest BCUT2D eigenvalue weighted by Crippen LogP contribution is 2.48. The molecule has 1 amide bonds. The first kappa shape index (κ1) is 21.0. The van der Waals surface area contributed by atoms with Crippen LogP contribution in [0, 0.1) is 0 Å². The predicted octanol–water partition coefficient (Wildman–Crippen LogP) is 1.03. The van der Waals surface area contributed by atoms with Crippen molar-refractivity contribution in [1.29, 1.82) is 0 Å². The summed E-state index contributed by atoms with van der Waals surface area (Å²) in [5, 5.41) is -0.110. The fourth-order valence-electron chi connectivity index (χ4n) is 2.63. The quantitative estimate of drug-likeness (QED) is 0.353. The van der Waals surface area contributed by atoms with E-state index in [0.29, 0.717) is 15.6 Å². The smallest absolute Gasteiger partial charge is 0.300 e. The van der Waals surface area contributed by atoms with Crippen molar-refractivity contribution in [1.82, 2.24) is 4.90 Å². The molecule has 152 valence electrons. The summed E-state index contributed by atoms with van der Waals surface area (Å²) in [7, 11) is -8.67. The van der Waals surface area contributed by atoms with Gasteiger partial charge in [0.05, 0.1) is 11.4 Å². The summed E-state index contributed by atoms with van der Waals surface area (Å²) in [6, 6.07) is 7.09. The van der Waals surface area contributed by atoms with Crippen LogP contribution in [0.1, 0.15) is 6.42 Å². The normalized spacial score (nSPS) is 19.9. The number of para-hydroxylation sites is 1. The summed E-state index contributed by atoms with van der Waals surface area (Å²) >= 11 is 6.07. The lowest BCUT2D eigenvalue weighted by atomic mass is 10.2. The lowest BCUT2D eigenvalue weighted by molar-refractivity contribution is -0.122. The molecule has 2 heterocycles. The molecule has 0 spiro atoms. The monoisotopic (exact) mass is 466 g/mol. The molecular weight excluding hydrogens is 452 g/mol. The van der Waals surface area contributed by atoms with Gasteiger partial charge in [-0.1, -0.05) is 23.9 Å². The molecule has 0 radical (unpaired) electrons. The van der Waals surface area contributed by atoms with Crippen LogP contribution in [-0.2, 0) is 29.8 Å². The van der Waals surface area contributed by atoms with Gasteiger partial charge in [-0.15, -0.1) is 0 Å². The second kappa shape index (κ2) is 7.61. The Bertz CT molecular complexity index is 1080. The first-order valence-corrected chi connectivity index (χ1v) is 12.1. The van der Waals surface area contributed by atoms with Crippen LogP contribution in [0.5, 0.6) is 0 Å². The Balaban J connectivity index is 1.94. The van der Waals surface area contributed by atoms with E-state index >= 15 is 0 Å². The maximum Gasteiger partial charge on any atom is 0.300 e. The lowest BCUT2D eigenvalue weighted by Gasteiger charge is -2.20. The fourth-order valence-corrected chi connectivity index (χ4v) is 5.16. The SMILES string of the molecule is O=C1/C(=C2/Sc3ccccc3N2CCCS(=O)(=O)O)OC(=S)N1CS(=O)(=O)O. The molecule has 0 aliphatic carbocycles. The number of thioether (sulfide) groups is 1. The van der Waals surface area contributed by atoms with Crippen molar-refractivity contribution in [3.8, 4) is 0 Å². The first-order valence-electron chi connectivity index (χ1n) is 7.69. The standard InChI is InChI=1S/C14H14N2O8S4/c17-12-11(24-14(25)16(12)8-28(21,22)23)13-15(6-3-7-27(18,19)20)9-4-1-2-5-10(9)26-13/h1-2,4-5H,3,6-8H2,(H,18,19,20)(H,21,22,23)/b13-11-. The molecule has 2 aliphatic heterocycles. The Hall–Kier alpha value is -1.71. The average molecular weight is 467 g/mol. The van der Waals surface area contributed by atoms with Crippen molar-refractivity contribution in [3.05, 3.63) is 35.1 Å². The molecule has 2 aliphatic rings. The zero-order chi connectivity index (χ0) is 20.7. The fraction of sp³-hybridized carbons (Fsp3) is 0.286. The molecule has 1 aromatic rings. The van der Waals surface area contributed by atoms with Gasteiger partial charge < -0.3 is 9.64 Å². The number of benzene rings is 1. The molecule has 0 unspecified atom stereocenters. The number of nitrogens with zero attached hydrogens (tertiary/aromatic N) is 2. The van der Waals surface area contributed by atoms with Crippen LogP contribution in [0.25, 0.3) is 0 Å². The van der Waals surface area contributed by atoms with Gasteiger partial charge in [-0.3, -0.25) is 13.9 Å². The number of carbonyl (C=O) groups excluding carboxylic acids is 1. The maximum atomic E-state index is 12.6. The van der Waals surface area contributed by atoms with Gasteiger partial charge in [-0.2, -0.15) is 16.8 Å². The number of hydrogen-bond donors (Lipinski definition) is 2. The van der Waals surface area contributed by atoms with Crippen molar-refractivity contribution in [2.45, 2.75) is 11.3 Å². The molecule has 0 saturated carbocycles. The zero-order valence-electron chi connectivity index (χ0n) is 14.0. The van der Waals surface area contributed by atoms with Gasteiger partial charge in [0.2, 0.25) is 5.76 Å². The van der Waals surface area contributed by atoms with Crippen molar-refractivity contribution in [3.63, 3.8) is 0 Å². The predicted molar refractivity (Wildman–Crippen MR) is 105 cm³/mol. The Morgan fingerprint density at radius 3 is 2.39 bits per heavy atom. The highest BCUT2D eigenvalue weighted by Gasteiger charge is 2.41. The van der Waals surface area contributed by atoms with Gasteiger partial charge in [0.1, 0.15) is 5.03 Å². The van der Waals surface area contributed by atoms with Crippen LogP contribution in [0.15, 0.2) is 39.9 Å². The minimum absolute atomic E-state index is 0.0673. The van der Waals surface area contributed by atoms with Crippen LogP contribution in [-0.4, -0.2) is 60.1 Å². The summed E-state index contributed by atoms with van der Waals surface area (Å²) < 4.78 is 67.5. The molecule has 1 fully saturated rings. The number of anilines is 1. The Morgan fingerprint density at radius 1 is 1.07 bits per heavy atom. The average Bonchev–Trinajstić information content (AvgIpc) is 3.05. The Kier molecular flexibility index (Phi) is 5.71. The third-order valence-corrected chi connectivity index (χ3v) is 6.58. The Morgan fingerprint density at radius 2 is 1.75 bits per heavy atom. The van der Waals surface area contributed by atoms with E-state index in [0.717, 1.165) is 4.90 Å². The van der Waals surface area contributed by atoms with Gasteiger partial charge in [0, 0.05) is 11.4 Å². The highest BCUT2D eigenvalue weighted by molar-refractivity contribution is 8.03. The van der Waals surface area contributed by atoms with Crippen LogP contribution in [0.2, 0.25) is 0 Å². The molecule has 0 bridgehead atoms. The number of fused-ring (bicyclic) bond motifs is 1. The minimum atomic E-state index is -4.52. The number of rotatable bonds is 6. The van der Waals surface area contributed by atoms with Crippen LogP contribution in [0.3, 0.4) is 0 Å². The molecule has 2 N–H and O–H groups in total. The third kappa shape index (κ3) is 4.64. The summed E-state index contributed by atoms with van der Waals surface area (Å²) in [5.74, 6) is -2.57. The van der Waals surface area contributed by atoms with Crippen molar-refractivity contribution in [2.24, 2.45) is 0 Å². The van der Waals surface area contributed by atoms with Crippen molar-refractivity contribution >= 4 is 61.0 Å². The summed E-state index contributed by atoms with van der Waals surface area (Å²) in [6.45, 7) is 0.143. The van der Waals surface area contributed by atoms with Gasteiger partial charge in [0.15, 0.2) is 5.88 Å². The maximum absolute atomic E-state index is 12.6. The molecule has 1 saturated heterocycles. The van der Waals surface area contributed by atoms with E-state index in [1.807, 2.05) is 0 Å². The van der Waals surface area contributed by atoms with Gasteiger partial charge in [0.25, 0.3) is 25.4 Å². The van der Waals surface area contributed by atoms with Crippen LogP contribution < -0.4 is 4.90 Å². The van der Waals surface area contributed by atoms with E-state index in [1.165, 1.54) is 11.8 Å². The zero-order valence-corrected chi connectivity index (χ0v) is 17.3. The molecule has 1 aromatic carbocycles. The number of carbonyl (C=O) groups is 1. The van der Waals surface area contributed by atoms with Gasteiger partial charge in [-0.25, -0.2) is 4.90 Å².